The molecule has 3 atom stereocenters. The van der Waals surface area contributed by atoms with Gasteiger partial charge >= 0.3 is 0 Å². The molecule has 2 aliphatic rings. The fourth-order valence-electron chi connectivity index (χ4n) is 2.35. The number of rotatable bonds is 0. The van der Waals surface area contributed by atoms with Crippen LogP contribution in [0.5, 0.6) is 0 Å². The first-order chi connectivity index (χ1) is 4.77. The van der Waals surface area contributed by atoms with Crippen molar-refractivity contribution in [2.24, 2.45) is 0 Å². The zero-order chi connectivity index (χ0) is 7.14. The van der Waals surface area contributed by atoms with Crippen LogP contribution in [-0.2, 0) is 0 Å². The third-order valence-corrected chi connectivity index (χ3v) is 3.40. The zero-order valence-electron chi connectivity index (χ0n) is 6.39. The maximum atomic E-state index is 6.08. The summed E-state index contributed by atoms with van der Waals surface area (Å²) < 4.78 is 0. The minimum atomic E-state index is 0.466. The van der Waals surface area contributed by atoms with Gasteiger partial charge in [0.05, 0.1) is 0 Å². The summed E-state index contributed by atoms with van der Waals surface area (Å²) in [6.45, 7) is 0. The van der Waals surface area contributed by atoms with Gasteiger partial charge in [-0.3, -0.25) is 0 Å². The summed E-state index contributed by atoms with van der Waals surface area (Å²) in [4.78, 5) is 2.51. The highest BCUT2D eigenvalue weighted by molar-refractivity contribution is 6.20. The lowest BCUT2D eigenvalue weighted by molar-refractivity contribution is 0.181. The maximum absolute atomic E-state index is 6.08. The van der Waals surface area contributed by atoms with Crippen molar-refractivity contribution in [3.05, 3.63) is 0 Å². The minimum Gasteiger partial charge on any atom is -0.300 e. The van der Waals surface area contributed by atoms with Crippen LogP contribution in [0.3, 0.4) is 0 Å². The smallest absolute Gasteiger partial charge is 0.0365 e. The van der Waals surface area contributed by atoms with Crippen LogP contribution in [0.1, 0.15) is 25.7 Å². The largest absolute Gasteiger partial charge is 0.300 e. The summed E-state index contributed by atoms with van der Waals surface area (Å²) in [6.07, 6.45) is 5.19. The molecule has 0 N–H and O–H groups in total. The molecule has 0 spiro atoms. The van der Waals surface area contributed by atoms with E-state index < -0.39 is 0 Å². The Morgan fingerprint density at radius 3 is 2.20 bits per heavy atom. The molecule has 0 aromatic rings. The first kappa shape index (κ1) is 6.93. The van der Waals surface area contributed by atoms with Gasteiger partial charge in [-0.15, -0.1) is 11.6 Å². The van der Waals surface area contributed by atoms with E-state index in [-0.39, 0.29) is 0 Å². The number of hydrogen-bond donors (Lipinski definition) is 0. The first-order valence-electron chi connectivity index (χ1n) is 4.13. The fourth-order valence-corrected chi connectivity index (χ4v) is 2.76. The lowest BCUT2D eigenvalue weighted by Crippen LogP contribution is -2.40. The number of piperidine rings is 1. The summed E-state index contributed by atoms with van der Waals surface area (Å²) in [6, 6.07) is 1.61. The standard InChI is InChI=1S/C8H14ClN/c1-10-7-2-3-8(10)5-6(9)4-7/h6-8H,2-5H2,1H3/t6-,7+,8-. The number of fused-ring (bicyclic) bond motifs is 2. The predicted octanol–water partition coefficient (Wildman–Crippen LogP) is 1.85. The molecule has 0 amide bonds. The number of halogens is 1. The van der Waals surface area contributed by atoms with E-state index in [1.54, 1.807) is 0 Å². The summed E-state index contributed by atoms with van der Waals surface area (Å²) in [5.74, 6) is 0. The average molecular weight is 160 g/mol. The second-order valence-electron chi connectivity index (χ2n) is 3.62. The van der Waals surface area contributed by atoms with Crippen LogP contribution in [0.4, 0.5) is 0 Å². The average Bonchev–Trinajstić information content (AvgIpc) is 2.20. The van der Waals surface area contributed by atoms with Gasteiger partial charge in [-0.1, -0.05) is 0 Å². The molecule has 2 bridgehead atoms. The van der Waals surface area contributed by atoms with Gasteiger partial charge < -0.3 is 4.90 Å². The quantitative estimate of drug-likeness (QED) is 0.488. The van der Waals surface area contributed by atoms with E-state index in [0.29, 0.717) is 5.38 Å². The molecular formula is C8H14ClN. The SMILES string of the molecule is CN1[C@@H]2CC[C@H]1C[C@@H](Cl)C2. The molecule has 2 aliphatic heterocycles. The molecule has 2 heteroatoms. The highest BCUT2D eigenvalue weighted by atomic mass is 35.5. The van der Waals surface area contributed by atoms with Crippen molar-refractivity contribution in [1.82, 2.24) is 4.90 Å². The van der Waals surface area contributed by atoms with E-state index in [4.69, 9.17) is 11.6 Å². The molecule has 1 nitrogen and oxygen atoms in total. The Hall–Kier alpha value is 0.250. The second kappa shape index (κ2) is 2.38. The first-order valence-corrected chi connectivity index (χ1v) is 4.57. The van der Waals surface area contributed by atoms with Crippen molar-refractivity contribution >= 4 is 11.6 Å². The Balaban J connectivity index is 2.09. The van der Waals surface area contributed by atoms with Crippen molar-refractivity contribution in [1.29, 1.82) is 0 Å². The molecule has 2 saturated heterocycles. The van der Waals surface area contributed by atoms with E-state index in [9.17, 15) is 0 Å². The molecule has 0 aromatic carbocycles. The Bertz CT molecular complexity index is 123. The molecule has 0 unspecified atom stereocenters. The van der Waals surface area contributed by atoms with Crippen LogP contribution in [0.25, 0.3) is 0 Å². The predicted molar refractivity (Wildman–Crippen MR) is 43.4 cm³/mol. The minimum absolute atomic E-state index is 0.466. The highest BCUT2D eigenvalue weighted by Crippen LogP contribution is 2.36. The van der Waals surface area contributed by atoms with Gasteiger partial charge in [0, 0.05) is 17.5 Å². The van der Waals surface area contributed by atoms with Crippen molar-refractivity contribution in [2.45, 2.75) is 43.1 Å². The van der Waals surface area contributed by atoms with Crippen molar-refractivity contribution < 1.29 is 0 Å². The van der Waals surface area contributed by atoms with Crippen LogP contribution in [0.2, 0.25) is 0 Å². The van der Waals surface area contributed by atoms with Gasteiger partial charge in [0.1, 0.15) is 0 Å². The number of nitrogens with zero attached hydrogens (tertiary/aromatic N) is 1. The van der Waals surface area contributed by atoms with E-state index in [1.165, 1.54) is 25.7 Å². The van der Waals surface area contributed by atoms with E-state index in [2.05, 4.69) is 11.9 Å². The summed E-state index contributed by atoms with van der Waals surface area (Å²) >= 11 is 6.08. The fraction of sp³-hybridized carbons (Fsp3) is 1.00. The van der Waals surface area contributed by atoms with Crippen molar-refractivity contribution in [2.75, 3.05) is 7.05 Å². The molecule has 2 heterocycles. The second-order valence-corrected chi connectivity index (χ2v) is 4.24. The maximum Gasteiger partial charge on any atom is 0.0365 e. The molecule has 0 radical (unpaired) electrons. The van der Waals surface area contributed by atoms with Crippen molar-refractivity contribution in [3.63, 3.8) is 0 Å². The van der Waals surface area contributed by atoms with Gasteiger partial charge in [0.25, 0.3) is 0 Å². The van der Waals surface area contributed by atoms with E-state index in [1.807, 2.05) is 0 Å². The summed E-state index contributed by atoms with van der Waals surface area (Å²) in [5, 5.41) is 0.466. The molecule has 2 fully saturated rings. The topological polar surface area (TPSA) is 3.24 Å². The van der Waals surface area contributed by atoms with Crippen molar-refractivity contribution in [3.8, 4) is 0 Å². The zero-order valence-corrected chi connectivity index (χ0v) is 7.14. The molecule has 0 aromatic heterocycles. The lowest BCUT2D eigenvalue weighted by Gasteiger charge is -2.33. The molecule has 58 valence electrons. The van der Waals surface area contributed by atoms with Gasteiger partial charge in [-0.2, -0.15) is 0 Å². The van der Waals surface area contributed by atoms with Gasteiger partial charge in [-0.05, 0) is 32.7 Å². The highest BCUT2D eigenvalue weighted by Gasteiger charge is 2.37. The van der Waals surface area contributed by atoms with Gasteiger partial charge in [0.15, 0.2) is 0 Å². The normalized spacial score (nSPS) is 48.0. The molecule has 0 aliphatic carbocycles. The van der Waals surface area contributed by atoms with E-state index >= 15 is 0 Å². The van der Waals surface area contributed by atoms with Crippen LogP contribution in [0.15, 0.2) is 0 Å². The third kappa shape index (κ3) is 0.960. The molecule has 10 heavy (non-hydrogen) atoms. The van der Waals surface area contributed by atoms with Crippen LogP contribution >= 0.6 is 11.6 Å². The van der Waals surface area contributed by atoms with Crippen LogP contribution < -0.4 is 0 Å². The number of alkyl halides is 1. The van der Waals surface area contributed by atoms with E-state index in [0.717, 1.165) is 12.1 Å². The lowest BCUT2D eigenvalue weighted by atomic mass is 10.0. The Kier molecular flexibility index (Phi) is 1.65. The Labute approximate surface area is 67.3 Å². The van der Waals surface area contributed by atoms with Crippen LogP contribution in [0, 0.1) is 0 Å². The van der Waals surface area contributed by atoms with Gasteiger partial charge in [-0.25, -0.2) is 0 Å². The third-order valence-electron chi connectivity index (χ3n) is 3.04. The Morgan fingerprint density at radius 1 is 1.20 bits per heavy atom. The Morgan fingerprint density at radius 2 is 1.70 bits per heavy atom. The number of hydrogen-bond acceptors (Lipinski definition) is 1. The summed E-state index contributed by atoms with van der Waals surface area (Å²) in [7, 11) is 2.24. The van der Waals surface area contributed by atoms with Crippen LogP contribution in [-0.4, -0.2) is 29.4 Å². The van der Waals surface area contributed by atoms with Gasteiger partial charge in [0.2, 0.25) is 0 Å². The molecule has 0 saturated carbocycles. The monoisotopic (exact) mass is 159 g/mol. The molecule has 2 rings (SSSR count). The molecular weight excluding hydrogens is 146 g/mol. The summed E-state index contributed by atoms with van der Waals surface area (Å²) in [5.41, 5.74) is 0.